The third kappa shape index (κ3) is 2.05. The minimum Gasteiger partial charge on any atom is -0.493 e. The fraction of sp³-hybridized carbons (Fsp3) is 0.0714. The maximum atomic E-state index is 11.9. The lowest BCUT2D eigenvalue weighted by Crippen LogP contribution is -2.19. The molecule has 1 aromatic carbocycles. The number of nitrogens with zero attached hydrogens (tertiary/aromatic N) is 3. The predicted molar refractivity (Wildman–Crippen MR) is 67.9 cm³/mol. The summed E-state index contributed by atoms with van der Waals surface area (Å²) in [6.45, 7) is 1.58. The molecule has 1 heterocycles. The van der Waals surface area contributed by atoms with Crippen LogP contribution in [0.5, 0.6) is 5.88 Å². The molecule has 0 saturated heterocycles. The van der Waals surface area contributed by atoms with Gasteiger partial charge in [0.25, 0.3) is 5.56 Å². The smallest absolute Gasteiger partial charge is 0.258 e. The molecule has 0 fully saturated rings. The molecule has 5 nitrogen and oxygen atoms in total. The Morgan fingerprint density at radius 2 is 1.95 bits per heavy atom. The summed E-state index contributed by atoms with van der Waals surface area (Å²) in [6, 6.07) is 11.3. The summed E-state index contributed by atoms with van der Waals surface area (Å²) in [6.07, 6.45) is 0. The highest BCUT2D eigenvalue weighted by Crippen LogP contribution is 2.21. The molecule has 0 spiro atoms. The molecule has 2 aromatic rings. The normalized spacial score (nSPS) is 9.63. The van der Waals surface area contributed by atoms with E-state index in [9.17, 15) is 9.90 Å². The Kier molecular flexibility index (Phi) is 3.05. The number of aromatic hydroxyl groups is 1. The van der Waals surface area contributed by atoms with Crippen molar-refractivity contribution in [2.24, 2.45) is 0 Å². The maximum absolute atomic E-state index is 11.9. The summed E-state index contributed by atoms with van der Waals surface area (Å²) >= 11 is 0. The Hall–Kier alpha value is -3.05. The average molecular weight is 251 g/mol. The minimum atomic E-state index is -0.455. The van der Waals surface area contributed by atoms with E-state index in [0.29, 0.717) is 16.8 Å². The first kappa shape index (κ1) is 12.4. The first-order valence-corrected chi connectivity index (χ1v) is 5.44. The minimum absolute atomic E-state index is 0.0435. The van der Waals surface area contributed by atoms with Crippen molar-refractivity contribution in [2.45, 2.75) is 6.92 Å². The number of hydrogen-bond acceptors (Lipinski definition) is 4. The third-order valence-corrected chi connectivity index (χ3v) is 2.74. The number of hydrogen-bond donors (Lipinski definition) is 1. The Bertz CT molecular complexity index is 792. The van der Waals surface area contributed by atoms with Gasteiger partial charge in [-0.2, -0.15) is 10.5 Å². The van der Waals surface area contributed by atoms with Crippen molar-refractivity contribution in [1.29, 1.82) is 10.5 Å². The molecule has 0 unspecified atom stereocenters. The van der Waals surface area contributed by atoms with Crippen molar-refractivity contribution in [3.63, 3.8) is 0 Å². The van der Waals surface area contributed by atoms with Crippen LogP contribution in [0, 0.1) is 29.6 Å². The number of aryl methyl sites for hydroxylation is 1. The SMILES string of the molecule is Cc1cc(=O)n(-c2cccc(C#N)c2)c(O)c1C#N. The van der Waals surface area contributed by atoms with Crippen LogP contribution < -0.4 is 5.56 Å². The predicted octanol–water partition coefficient (Wildman–Crippen LogP) is 1.59. The summed E-state index contributed by atoms with van der Waals surface area (Å²) in [7, 11) is 0. The zero-order valence-corrected chi connectivity index (χ0v) is 10.1. The van der Waals surface area contributed by atoms with Crippen LogP contribution in [0.2, 0.25) is 0 Å². The van der Waals surface area contributed by atoms with Gasteiger partial charge in [0.15, 0.2) is 0 Å². The average Bonchev–Trinajstić information content (AvgIpc) is 2.39. The summed E-state index contributed by atoms with van der Waals surface area (Å²) in [5.41, 5.74) is 0.713. The lowest BCUT2D eigenvalue weighted by Gasteiger charge is -2.11. The van der Waals surface area contributed by atoms with Crippen molar-refractivity contribution < 1.29 is 5.11 Å². The Labute approximate surface area is 109 Å². The second-order valence-corrected chi connectivity index (χ2v) is 3.97. The van der Waals surface area contributed by atoms with E-state index in [1.165, 1.54) is 12.1 Å². The molecule has 0 saturated carbocycles. The molecule has 0 atom stereocenters. The van der Waals surface area contributed by atoms with E-state index in [1.807, 2.05) is 12.1 Å². The molecule has 0 amide bonds. The molecule has 1 aromatic heterocycles. The molecule has 5 heteroatoms. The van der Waals surface area contributed by atoms with Gasteiger partial charge in [0.1, 0.15) is 11.6 Å². The monoisotopic (exact) mass is 251 g/mol. The van der Waals surface area contributed by atoms with Gasteiger partial charge in [-0.3, -0.25) is 4.79 Å². The second-order valence-electron chi connectivity index (χ2n) is 3.97. The van der Waals surface area contributed by atoms with Crippen LogP contribution in [0.3, 0.4) is 0 Å². The maximum Gasteiger partial charge on any atom is 0.258 e. The molecule has 0 bridgehead atoms. The quantitative estimate of drug-likeness (QED) is 0.833. The van der Waals surface area contributed by atoms with Gasteiger partial charge in [0, 0.05) is 6.07 Å². The van der Waals surface area contributed by atoms with Crippen molar-refractivity contribution >= 4 is 0 Å². The van der Waals surface area contributed by atoms with Crippen LogP contribution in [0.15, 0.2) is 35.1 Å². The standard InChI is InChI=1S/C14H9N3O2/c1-9-5-13(18)17(14(19)12(9)8-16)11-4-2-3-10(6-11)7-15/h2-6,19H,1H3. The molecule has 0 aliphatic rings. The number of benzene rings is 1. The van der Waals surface area contributed by atoms with Gasteiger partial charge in [-0.1, -0.05) is 6.07 Å². The van der Waals surface area contributed by atoms with Crippen molar-refractivity contribution in [2.75, 3.05) is 0 Å². The van der Waals surface area contributed by atoms with E-state index in [0.717, 1.165) is 4.57 Å². The largest absolute Gasteiger partial charge is 0.493 e. The molecule has 2 rings (SSSR count). The Morgan fingerprint density at radius 3 is 2.58 bits per heavy atom. The molecule has 19 heavy (non-hydrogen) atoms. The summed E-state index contributed by atoms with van der Waals surface area (Å²) in [4.78, 5) is 11.9. The van der Waals surface area contributed by atoms with E-state index >= 15 is 0 Å². The van der Waals surface area contributed by atoms with Crippen LogP contribution in [0.4, 0.5) is 0 Å². The van der Waals surface area contributed by atoms with Gasteiger partial charge in [-0.15, -0.1) is 0 Å². The Balaban J connectivity index is 2.80. The van der Waals surface area contributed by atoms with Crippen LogP contribution >= 0.6 is 0 Å². The second kappa shape index (κ2) is 4.67. The number of nitriles is 2. The topological polar surface area (TPSA) is 89.8 Å². The lowest BCUT2D eigenvalue weighted by molar-refractivity contribution is 0.433. The molecule has 1 N–H and O–H groups in total. The van der Waals surface area contributed by atoms with Gasteiger partial charge < -0.3 is 5.11 Å². The molecule has 0 radical (unpaired) electrons. The molecule has 92 valence electrons. The van der Waals surface area contributed by atoms with E-state index in [-0.39, 0.29) is 5.56 Å². The fourth-order valence-corrected chi connectivity index (χ4v) is 1.82. The highest BCUT2D eigenvalue weighted by atomic mass is 16.3. The van der Waals surface area contributed by atoms with E-state index in [4.69, 9.17) is 10.5 Å². The van der Waals surface area contributed by atoms with E-state index < -0.39 is 11.4 Å². The summed E-state index contributed by atoms with van der Waals surface area (Å²) < 4.78 is 1.01. The van der Waals surface area contributed by atoms with Crippen molar-refractivity contribution in [3.8, 4) is 23.7 Å². The van der Waals surface area contributed by atoms with Crippen molar-refractivity contribution in [1.82, 2.24) is 4.57 Å². The molecule has 0 aliphatic heterocycles. The molecular weight excluding hydrogens is 242 g/mol. The van der Waals surface area contributed by atoms with Crippen LogP contribution in [-0.2, 0) is 0 Å². The highest BCUT2D eigenvalue weighted by Gasteiger charge is 2.13. The van der Waals surface area contributed by atoms with Gasteiger partial charge >= 0.3 is 0 Å². The van der Waals surface area contributed by atoms with E-state index in [2.05, 4.69) is 0 Å². The number of aromatic nitrogens is 1. The van der Waals surface area contributed by atoms with Crippen LogP contribution in [0.1, 0.15) is 16.7 Å². The first-order valence-electron chi connectivity index (χ1n) is 5.44. The third-order valence-electron chi connectivity index (χ3n) is 2.74. The molecule has 0 aliphatic carbocycles. The number of rotatable bonds is 1. The Morgan fingerprint density at radius 1 is 1.21 bits per heavy atom. The van der Waals surface area contributed by atoms with Gasteiger partial charge in [-0.25, -0.2) is 4.57 Å². The van der Waals surface area contributed by atoms with Gasteiger partial charge in [-0.05, 0) is 30.7 Å². The van der Waals surface area contributed by atoms with Crippen LogP contribution in [-0.4, -0.2) is 9.67 Å². The van der Waals surface area contributed by atoms with E-state index in [1.54, 1.807) is 25.1 Å². The summed E-state index contributed by atoms with van der Waals surface area (Å²) in [5, 5.41) is 27.8. The highest BCUT2D eigenvalue weighted by molar-refractivity contribution is 5.50. The lowest BCUT2D eigenvalue weighted by atomic mass is 10.1. The summed E-state index contributed by atoms with van der Waals surface area (Å²) in [5.74, 6) is -0.414. The van der Waals surface area contributed by atoms with Gasteiger partial charge in [0.05, 0.1) is 17.3 Å². The van der Waals surface area contributed by atoms with Crippen molar-refractivity contribution in [3.05, 3.63) is 57.4 Å². The number of pyridine rings is 1. The first-order chi connectivity index (χ1) is 9.08. The molecular formula is C14H9N3O2. The van der Waals surface area contributed by atoms with Crippen LogP contribution in [0.25, 0.3) is 5.69 Å². The zero-order valence-electron chi connectivity index (χ0n) is 10.1. The van der Waals surface area contributed by atoms with Gasteiger partial charge in [0.2, 0.25) is 5.88 Å². The zero-order chi connectivity index (χ0) is 14.0. The fourth-order valence-electron chi connectivity index (χ4n) is 1.82.